The summed E-state index contributed by atoms with van der Waals surface area (Å²) in [4.78, 5) is 21.1. The molecule has 0 spiro atoms. The lowest BCUT2D eigenvalue weighted by atomic mass is 9.99. The summed E-state index contributed by atoms with van der Waals surface area (Å²) in [6.07, 6.45) is 7.18. The molecule has 2 aliphatic heterocycles. The third kappa shape index (κ3) is 2.82. The average molecular weight is 324 g/mol. The first-order valence-electron chi connectivity index (χ1n) is 6.88. The molecule has 2 aliphatic rings. The van der Waals surface area contributed by atoms with Crippen molar-refractivity contribution in [2.45, 2.75) is 25.3 Å². The molecular weight excluding hydrogens is 306 g/mol. The number of aromatic nitrogens is 1. The fourth-order valence-corrected chi connectivity index (χ4v) is 3.42. The third-order valence-electron chi connectivity index (χ3n) is 4.08. The fourth-order valence-electron chi connectivity index (χ4n) is 3.05. The van der Waals surface area contributed by atoms with Gasteiger partial charge in [0.25, 0.3) is 5.91 Å². The SMILES string of the molecule is O=C(c1cncc(Br)c1)N1CCN2CCCC[C@H]2C1. The molecule has 0 N–H and O–H groups in total. The summed E-state index contributed by atoms with van der Waals surface area (Å²) in [7, 11) is 0. The Bertz CT molecular complexity index is 480. The zero-order chi connectivity index (χ0) is 13.2. The van der Waals surface area contributed by atoms with Crippen molar-refractivity contribution in [2.24, 2.45) is 0 Å². The van der Waals surface area contributed by atoms with Crippen LogP contribution in [0, 0.1) is 0 Å². The summed E-state index contributed by atoms with van der Waals surface area (Å²) in [5.41, 5.74) is 0.679. The Kier molecular flexibility index (Phi) is 3.84. The molecule has 3 heterocycles. The topological polar surface area (TPSA) is 36.4 Å². The lowest BCUT2D eigenvalue weighted by Gasteiger charge is -2.44. The molecule has 0 unspecified atom stereocenters. The predicted molar refractivity (Wildman–Crippen MR) is 77.1 cm³/mol. The van der Waals surface area contributed by atoms with Gasteiger partial charge in [-0.25, -0.2) is 0 Å². The lowest BCUT2D eigenvalue weighted by molar-refractivity contribution is 0.0372. The van der Waals surface area contributed by atoms with Crippen molar-refractivity contribution in [3.63, 3.8) is 0 Å². The van der Waals surface area contributed by atoms with Crippen LogP contribution in [0.15, 0.2) is 22.9 Å². The Labute approximate surface area is 121 Å². The number of piperidine rings is 1. The minimum atomic E-state index is 0.110. The standard InChI is InChI=1S/C14H18BrN3O/c15-12-7-11(8-16-9-12)14(19)18-6-5-17-4-2-1-3-13(17)10-18/h7-9,13H,1-6,10H2/t13-/m0/s1. The molecule has 1 aromatic heterocycles. The van der Waals surface area contributed by atoms with Crippen LogP contribution in [0.3, 0.4) is 0 Å². The Morgan fingerprint density at radius 2 is 2.16 bits per heavy atom. The minimum absolute atomic E-state index is 0.110. The quantitative estimate of drug-likeness (QED) is 0.794. The molecule has 2 fully saturated rings. The van der Waals surface area contributed by atoms with Crippen molar-refractivity contribution in [3.8, 4) is 0 Å². The van der Waals surface area contributed by atoms with Gasteiger partial charge in [0.05, 0.1) is 5.56 Å². The molecule has 3 rings (SSSR count). The molecule has 0 aliphatic carbocycles. The first kappa shape index (κ1) is 13.1. The van der Waals surface area contributed by atoms with E-state index in [-0.39, 0.29) is 5.91 Å². The minimum Gasteiger partial charge on any atom is -0.336 e. The number of piperazine rings is 1. The van der Waals surface area contributed by atoms with E-state index in [9.17, 15) is 4.79 Å². The van der Waals surface area contributed by atoms with Crippen LogP contribution in [0.4, 0.5) is 0 Å². The molecule has 1 atom stereocenters. The summed E-state index contributed by atoms with van der Waals surface area (Å²) in [5, 5.41) is 0. The number of hydrogen-bond acceptors (Lipinski definition) is 3. The summed E-state index contributed by atoms with van der Waals surface area (Å²) in [5.74, 6) is 0.110. The van der Waals surface area contributed by atoms with Crippen LogP contribution in [0.1, 0.15) is 29.6 Å². The van der Waals surface area contributed by atoms with Gasteiger partial charge in [-0.3, -0.25) is 14.7 Å². The monoisotopic (exact) mass is 323 g/mol. The molecule has 0 aromatic carbocycles. The van der Waals surface area contributed by atoms with Crippen molar-refractivity contribution in [2.75, 3.05) is 26.2 Å². The summed E-state index contributed by atoms with van der Waals surface area (Å²) >= 11 is 3.37. The number of rotatable bonds is 1. The predicted octanol–water partition coefficient (Wildman–Crippen LogP) is 2.15. The molecule has 0 bridgehead atoms. The highest BCUT2D eigenvalue weighted by Crippen LogP contribution is 2.22. The number of carbonyl (C=O) groups excluding carboxylic acids is 1. The molecule has 4 nitrogen and oxygen atoms in total. The van der Waals surface area contributed by atoms with Gasteiger partial charge in [-0.15, -0.1) is 0 Å². The van der Waals surface area contributed by atoms with Crippen LogP contribution in [-0.4, -0.2) is 52.9 Å². The van der Waals surface area contributed by atoms with Gasteiger partial charge in [0, 0.05) is 42.5 Å². The zero-order valence-corrected chi connectivity index (χ0v) is 12.5. The molecule has 19 heavy (non-hydrogen) atoms. The molecule has 0 radical (unpaired) electrons. The van der Waals surface area contributed by atoms with Gasteiger partial charge >= 0.3 is 0 Å². The number of carbonyl (C=O) groups is 1. The third-order valence-corrected chi connectivity index (χ3v) is 4.51. The van der Waals surface area contributed by atoms with Gasteiger partial charge in [0.2, 0.25) is 0 Å². The number of halogens is 1. The maximum absolute atomic E-state index is 12.5. The van der Waals surface area contributed by atoms with Crippen molar-refractivity contribution < 1.29 is 4.79 Å². The van der Waals surface area contributed by atoms with Crippen LogP contribution in [-0.2, 0) is 0 Å². The van der Waals surface area contributed by atoms with E-state index in [1.54, 1.807) is 12.4 Å². The molecule has 5 heteroatoms. The highest BCUT2D eigenvalue weighted by atomic mass is 79.9. The van der Waals surface area contributed by atoms with Crippen LogP contribution < -0.4 is 0 Å². The number of nitrogens with zero attached hydrogens (tertiary/aromatic N) is 3. The summed E-state index contributed by atoms with van der Waals surface area (Å²) in [6.45, 7) is 3.91. The lowest BCUT2D eigenvalue weighted by Crippen LogP contribution is -2.56. The van der Waals surface area contributed by atoms with Crippen molar-refractivity contribution >= 4 is 21.8 Å². The zero-order valence-electron chi connectivity index (χ0n) is 10.9. The number of hydrogen-bond donors (Lipinski definition) is 0. The summed E-state index contributed by atoms with van der Waals surface area (Å²) in [6, 6.07) is 2.41. The van der Waals surface area contributed by atoms with Crippen LogP contribution in [0.25, 0.3) is 0 Å². The van der Waals surface area contributed by atoms with E-state index in [4.69, 9.17) is 0 Å². The number of fused-ring (bicyclic) bond motifs is 1. The van der Waals surface area contributed by atoms with E-state index in [1.165, 1.54) is 25.8 Å². The maximum Gasteiger partial charge on any atom is 0.255 e. The van der Waals surface area contributed by atoms with E-state index in [2.05, 4.69) is 25.8 Å². The largest absolute Gasteiger partial charge is 0.336 e. The smallest absolute Gasteiger partial charge is 0.255 e. The first-order chi connectivity index (χ1) is 9.24. The van der Waals surface area contributed by atoms with E-state index < -0.39 is 0 Å². The molecule has 0 saturated carbocycles. The van der Waals surface area contributed by atoms with Crippen molar-refractivity contribution in [3.05, 3.63) is 28.5 Å². The first-order valence-corrected chi connectivity index (χ1v) is 7.67. The van der Waals surface area contributed by atoms with E-state index in [0.29, 0.717) is 11.6 Å². The second-order valence-electron chi connectivity index (χ2n) is 5.33. The molecule has 102 valence electrons. The van der Waals surface area contributed by atoms with Gasteiger partial charge in [-0.05, 0) is 41.4 Å². The van der Waals surface area contributed by atoms with Crippen LogP contribution in [0.5, 0.6) is 0 Å². The van der Waals surface area contributed by atoms with Gasteiger partial charge in [-0.1, -0.05) is 6.42 Å². The Balaban J connectivity index is 1.71. The van der Waals surface area contributed by atoms with Crippen molar-refractivity contribution in [1.82, 2.24) is 14.8 Å². The van der Waals surface area contributed by atoms with E-state index in [0.717, 1.165) is 24.1 Å². The molecular formula is C14H18BrN3O. The normalized spacial score (nSPS) is 24.1. The van der Waals surface area contributed by atoms with Crippen molar-refractivity contribution in [1.29, 1.82) is 0 Å². The second kappa shape index (κ2) is 5.59. The number of amides is 1. The Hall–Kier alpha value is -0.940. The Morgan fingerprint density at radius 1 is 1.26 bits per heavy atom. The molecule has 2 saturated heterocycles. The summed E-state index contributed by atoms with van der Waals surface area (Å²) < 4.78 is 0.856. The van der Waals surface area contributed by atoms with Gasteiger partial charge < -0.3 is 4.90 Å². The molecule has 1 aromatic rings. The number of pyridine rings is 1. The van der Waals surface area contributed by atoms with E-state index >= 15 is 0 Å². The maximum atomic E-state index is 12.5. The van der Waals surface area contributed by atoms with Crippen LogP contribution in [0.2, 0.25) is 0 Å². The highest BCUT2D eigenvalue weighted by molar-refractivity contribution is 9.10. The van der Waals surface area contributed by atoms with Gasteiger partial charge in [0.1, 0.15) is 0 Å². The highest BCUT2D eigenvalue weighted by Gasteiger charge is 2.31. The molecule has 1 amide bonds. The Morgan fingerprint density at radius 3 is 3.00 bits per heavy atom. The van der Waals surface area contributed by atoms with E-state index in [1.807, 2.05) is 11.0 Å². The average Bonchev–Trinajstić information content (AvgIpc) is 2.46. The van der Waals surface area contributed by atoms with Crippen LogP contribution >= 0.6 is 15.9 Å². The fraction of sp³-hybridized carbons (Fsp3) is 0.571. The van der Waals surface area contributed by atoms with Gasteiger partial charge in [0.15, 0.2) is 0 Å². The second-order valence-corrected chi connectivity index (χ2v) is 6.24. The van der Waals surface area contributed by atoms with Gasteiger partial charge in [-0.2, -0.15) is 0 Å².